The summed E-state index contributed by atoms with van der Waals surface area (Å²) in [7, 11) is 0. The van der Waals surface area contributed by atoms with Crippen LogP contribution in [0.2, 0.25) is 0 Å². The first kappa shape index (κ1) is 15.5. The number of nitrogens with one attached hydrogen (secondary N) is 1. The van der Waals surface area contributed by atoms with Gasteiger partial charge in [0.1, 0.15) is 0 Å². The molecule has 1 aromatic rings. The third-order valence-electron chi connectivity index (χ3n) is 4.71. The zero-order valence-electron chi connectivity index (χ0n) is 13.4. The molecule has 2 unspecified atom stereocenters. The minimum atomic E-state index is 0.243. The number of aromatic nitrogens is 1. The molecule has 1 aromatic heterocycles. The van der Waals surface area contributed by atoms with Gasteiger partial charge < -0.3 is 5.32 Å². The molecule has 0 saturated carbocycles. The standard InChI is InChI=1S/C17H29N3/c1-5-8-15-11-19-17(4,6-2)13-20(15)12-16-14(3)9-7-10-18-16/h7,9-10,15,19H,5-6,8,11-13H2,1-4H3. The van der Waals surface area contributed by atoms with Gasteiger partial charge in [-0.3, -0.25) is 9.88 Å². The monoisotopic (exact) mass is 275 g/mol. The Kier molecular flexibility index (Phi) is 5.17. The lowest BCUT2D eigenvalue weighted by Crippen LogP contribution is -2.62. The molecule has 0 radical (unpaired) electrons. The highest BCUT2D eigenvalue weighted by molar-refractivity contribution is 5.18. The van der Waals surface area contributed by atoms with Crippen LogP contribution in [-0.2, 0) is 6.54 Å². The lowest BCUT2D eigenvalue weighted by molar-refractivity contribution is 0.0713. The molecule has 0 bridgehead atoms. The first-order valence-electron chi connectivity index (χ1n) is 7.97. The largest absolute Gasteiger partial charge is 0.309 e. The van der Waals surface area contributed by atoms with Crippen LogP contribution in [0.1, 0.15) is 51.3 Å². The smallest absolute Gasteiger partial charge is 0.0573 e. The Labute approximate surface area is 123 Å². The van der Waals surface area contributed by atoms with Crippen LogP contribution in [0.5, 0.6) is 0 Å². The van der Waals surface area contributed by atoms with Gasteiger partial charge in [-0.15, -0.1) is 0 Å². The third kappa shape index (κ3) is 3.58. The summed E-state index contributed by atoms with van der Waals surface area (Å²) in [6.07, 6.45) is 5.59. The van der Waals surface area contributed by atoms with Crippen LogP contribution < -0.4 is 5.32 Å². The number of pyridine rings is 1. The van der Waals surface area contributed by atoms with Crippen LogP contribution in [0.4, 0.5) is 0 Å². The van der Waals surface area contributed by atoms with E-state index in [0.29, 0.717) is 6.04 Å². The zero-order chi connectivity index (χ0) is 14.6. The number of aryl methyl sites for hydroxylation is 1. The summed E-state index contributed by atoms with van der Waals surface area (Å²) in [6, 6.07) is 4.83. The molecule has 112 valence electrons. The predicted molar refractivity (Wildman–Crippen MR) is 84.8 cm³/mol. The number of rotatable bonds is 5. The van der Waals surface area contributed by atoms with Gasteiger partial charge in [-0.1, -0.05) is 26.3 Å². The number of hydrogen-bond acceptors (Lipinski definition) is 3. The van der Waals surface area contributed by atoms with Crippen molar-refractivity contribution in [2.75, 3.05) is 13.1 Å². The second-order valence-corrected chi connectivity index (χ2v) is 6.41. The van der Waals surface area contributed by atoms with Gasteiger partial charge in [-0.25, -0.2) is 0 Å². The minimum absolute atomic E-state index is 0.243. The Balaban J connectivity index is 2.13. The Hall–Kier alpha value is -0.930. The molecule has 1 aliphatic rings. The van der Waals surface area contributed by atoms with Crippen LogP contribution in [0.15, 0.2) is 18.3 Å². The summed E-state index contributed by atoms with van der Waals surface area (Å²) in [4.78, 5) is 7.22. The molecule has 2 rings (SSSR count). The van der Waals surface area contributed by atoms with Gasteiger partial charge in [0, 0.05) is 37.4 Å². The summed E-state index contributed by atoms with van der Waals surface area (Å²) in [5.41, 5.74) is 2.78. The second-order valence-electron chi connectivity index (χ2n) is 6.41. The summed E-state index contributed by atoms with van der Waals surface area (Å²) in [5.74, 6) is 0. The third-order valence-corrected chi connectivity index (χ3v) is 4.71. The molecule has 2 heterocycles. The molecule has 1 fully saturated rings. The fourth-order valence-corrected chi connectivity index (χ4v) is 3.04. The molecular weight excluding hydrogens is 246 g/mol. The Morgan fingerprint density at radius 3 is 2.90 bits per heavy atom. The van der Waals surface area contributed by atoms with Crippen LogP contribution in [0.25, 0.3) is 0 Å². The Morgan fingerprint density at radius 2 is 2.25 bits per heavy atom. The second kappa shape index (κ2) is 6.68. The maximum Gasteiger partial charge on any atom is 0.0573 e. The lowest BCUT2D eigenvalue weighted by Gasteiger charge is -2.46. The van der Waals surface area contributed by atoms with Crippen molar-refractivity contribution in [1.82, 2.24) is 15.2 Å². The van der Waals surface area contributed by atoms with Crippen LogP contribution in [0.3, 0.4) is 0 Å². The molecule has 0 spiro atoms. The van der Waals surface area contributed by atoms with E-state index in [-0.39, 0.29) is 5.54 Å². The number of hydrogen-bond donors (Lipinski definition) is 1. The maximum atomic E-state index is 4.58. The highest BCUT2D eigenvalue weighted by atomic mass is 15.3. The van der Waals surface area contributed by atoms with Gasteiger partial charge in [0.2, 0.25) is 0 Å². The van der Waals surface area contributed by atoms with E-state index in [0.717, 1.165) is 19.6 Å². The molecule has 1 saturated heterocycles. The van der Waals surface area contributed by atoms with Crippen molar-refractivity contribution in [3.63, 3.8) is 0 Å². The Morgan fingerprint density at radius 1 is 1.45 bits per heavy atom. The van der Waals surface area contributed by atoms with Crippen molar-refractivity contribution in [3.8, 4) is 0 Å². The van der Waals surface area contributed by atoms with Crippen LogP contribution >= 0.6 is 0 Å². The van der Waals surface area contributed by atoms with Gasteiger partial charge in [0.05, 0.1) is 5.69 Å². The molecule has 1 N–H and O–H groups in total. The van der Waals surface area contributed by atoms with Gasteiger partial charge in [0.15, 0.2) is 0 Å². The molecule has 1 aliphatic heterocycles. The van der Waals surface area contributed by atoms with E-state index in [1.54, 1.807) is 0 Å². The molecule has 3 heteroatoms. The molecule has 0 amide bonds. The fourth-order valence-electron chi connectivity index (χ4n) is 3.04. The van der Waals surface area contributed by atoms with Gasteiger partial charge in [-0.05, 0) is 38.3 Å². The summed E-state index contributed by atoms with van der Waals surface area (Å²) >= 11 is 0. The first-order valence-corrected chi connectivity index (χ1v) is 7.97. The van der Waals surface area contributed by atoms with Crippen molar-refractivity contribution in [2.45, 2.75) is 65.1 Å². The van der Waals surface area contributed by atoms with Crippen molar-refractivity contribution < 1.29 is 0 Å². The summed E-state index contributed by atoms with van der Waals surface area (Å²) in [6.45, 7) is 12.3. The molecule has 3 nitrogen and oxygen atoms in total. The van der Waals surface area contributed by atoms with Crippen LogP contribution in [0, 0.1) is 6.92 Å². The number of piperazine rings is 1. The molecule has 0 aliphatic carbocycles. The van der Waals surface area contributed by atoms with Crippen molar-refractivity contribution >= 4 is 0 Å². The first-order chi connectivity index (χ1) is 9.58. The average molecular weight is 275 g/mol. The van der Waals surface area contributed by atoms with Crippen molar-refractivity contribution in [2.24, 2.45) is 0 Å². The SMILES string of the molecule is CCCC1CNC(C)(CC)CN1Cc1ncccc1C. The molecule has 0 aromatic carbocycles. The molecule has 2 atom stereocenters. The fraction of sp³-hybridized carbons (Fsp3) is 0.706. The van der Waals surface area contributed by atoms with Crippen molar-refractivity contribution in [1.29, 1.82) is 0 Å². The predicted octanol–water partition coefficient (Wildman–Crippen LogP) is 3.13. The van der Waals surface area contributed by atoms with E-state index in [1.807, 2.05) is 12.3 Å². The van der Waals surface area contributed by atoms with E-state index in [4.69, 9.17) is 0 Å². The minimum Gasteiger partial charge on any atom is -0.309 e. The normalized spacial score (nSPS) is 27.7. The topological polar surface area (TPSA) is 28.2 Å². The number of nitrogens with zero attached hydrogens (tertiary/aromatic N) is 2. The van der Waals surface area contributed by atoms with E-state index < -0.39 is 0 Å². The highest BCUT2D eigenvalue weighted by Crippen LogP contribution is 2.23. The average Bonchev–Trinajstić information content (AvgIpc) is 2.45. The molecular formula is C17H29N3. The van der Waals surface area contributed by atoms with E-state index >= 15 is 0 Å². The highest BCUT2D eigenvalue weighted by Gasteiger charge is 2.34. The molecule has 20 heavy (non-hydrogen) atoms. The quantitative estimate of drug-likeness (QED) is 0.895. The van der Waals surface area contributed by atoms with E-state index in [1.165, 1.54) is 30.5 Å². The van der Waals surface area contributed by atoms with E-state index in [9.17, 15) is 0 Å². The van der Waals surface area contributed by atoms with Crippen molar-refractivity contribution in [3.05, 3.63) is 29.6 Å². The van der Waals surface area contributed by atoms with Gasteiger partial charge >= 0.3 is 0 Å². The van der Waals surface area contributed by atoms with Gasteiger partial charge in [0.25, 0.3) is 0 Å². The Bertz CT molecular complexity index is 432. The zero-order valence-corrected chi connectivity index (χ0v) is 13.4. The van der Waals surface area contributed by atoms with E-state index in [2.05, 4.69) is 49.0 Å². The van der Waals surface area contributed by atoms with Gasteiger partial charge in [-0.2, -0.15) is 0 Å². The summed E-state index contributed by atoms with van der Waals surface area (Å²) < 4.78 is 0. The maximum absolute atomic E-state index is 4.58. The summed E-state index contributed by atoms with van der Waals surface area (Å²) in [5, 5.41) is 3.75. The van der Waals surface area contributed by atoms with Crippen LogP contribution in [-0.4, -0.2) is 34.6 Å². The lowest BCUT2D eigenvalue weighted by atomic mass is 9.92.